The first kappa shape index (κ1) is 23.4. The Morgan fingerprint density at radius 2 is 1.93 bits per heavy atom. The summed E-state index contributed by atoms with van der Waals surface area (Å²) in [6, 6.07) is 11.3. The number of nitrogens with two attached hydrogens (primary N) is 1. The minimum absolute atomic E-state index is 0. The molecular weight excluding hydrogens is 446 g/mol. The van der Waals surface area contributed by atoms with Crippen LogP contribution < -0.4 is 27.4 Å². The third kappa shape index (κ3) is 5.20. The van der Waals surface area contributed by atoms with Gasteiger partial charge in [-0.15, -0.1) is 0 Å². The molecule has 156 valence electrons. The van der Waals surface area contributed by atoms with Crippen molar-refractivity contribution < 1.29 is 30.6 Å². The maximum absolute atomic E-state index is 12.6. The van der Waals surface area contributed by atoms with E-state index in [2.05, 4.69) is 16.0 Å². The van der Waals surface area contributed by atoms with Crippen LogP contribution in [0.2, 0.25) is 0 Å². The van der Waals surface area contributed by atoms with E-state index in [1.807, 2.05) is 24.3 Å². The van der Waals surface area contributed by atoms with Gasteiger partial charge in [0.25, 0.3) is 0 Å². The fourth-order valence-electron chi connectivity index (χ4n) is 2.69. The summed E-state index contributed by atoms with van der Waals surface area (Å²) in [4.78, 5) is 21.0. The van der Waals surface area contributed by atoms with Gasteiger partial charge in [0.15, 0.2) is 21.7 Å². The number of anilines is 1. The zero-order chi connectivity index (χ0) is 21.2. The number of aryl methyl sites for hydroxylation is 1. The molecule has 0 aliphatic heterocycles. The summed E-state index contributed by atoms with van der Waals surface area (Å²) in [5.41, 5.74) is 3.38. The lowest BCUT2D eigenvalue weighted by Gasteiger charge is -2.13. The van der Waals surface area contributed by atoms with Gasteiger partial charge < -0.3 is 12.4 Å². The largest absolute Gasteiger partial charge is 1.00 e. The predicted octanol–water partition coefficient (Wildman–Crippen LogP) is -1.34. The van der Waals surface area contributed by atoms with Crippen LogP contribution in [0, 0.1) is 18.3 Å². The first-order valence-electron chi connectivity index (χ1n) is 8.46. The molecule has 1 aromatic carbocycles. The second-order valence-corrected chi connectivity index (χ2v) is 9.10. The van der Waals surface area contributed by atoms with E-state index in [9.17, 15) is 13.2 Å². The maximum atomic E-state index is 12.6. The fraction of sp³-hybridized carbons (Fsp3) is 0.158. The molecular formula is C19H18ClN5O3S2. The third-order valence-corrected chi connectivity index (χ3v) is 7.01. The fourth-order valence-corrected chi connectivity index (χ4v) is 4.62. The molecule has 0 aliphatic rings. The molecule has 0 saturated carbocycles. The van der Waals surface area contributed by atoms with E-state index < -0.39 is 10.0 Å². The first-order valence-corrected chi connectivity index (χ1v) is 10.8. The molecule has 2 heterocycles. The van der Waals surface area contributed by atoms with Crippen LogP contribution in [0.15, 0.2) is 46.9 Å². The molecule has 3 rings (SSSR count). The van der Waals surface area contributed by atoms with Crippen LogP contribution >= 0.6 is 11.3 Å². The molecule has 30 heavy (non-hydrogen) atoms. The SMILES string of the molecule is Cc1nc(N(C)C(=O)Cc2ccc(-c3c[nH+]cc(C#N)c3)cc2)sc1S(N)(=O)=O.[Cl-]. The van der Waals surface area contributed by atoms with E-state index in [1.54, 1.807) is 25.5 Å². The van der Waals surface area contributed by atoms with E-state index >= 15 is 0 Å². The summed E-state index contributed by atoms with van der Waals surface area (Å²) >= 11 is 0.868. The van der Waals surface area contributed by atoms with E-state index in [-0.39, 0.29) is 39.8 Å². The average Bonchev–Trinajstić information content (AvgIpc) is 3.10. The molecule has 0 aliphatic carbocycles. The molecule has 0 unspecified atom stereocenters. The van der Waals surface area contributed by atoms with Gasteiger partial charge in [0.05, 0.1) is 12.1 Å². The van der Waals surface area contributed by atoms with Gasteiger partial charge in [-0.25, -0.2) is 23.5 Å². The van der Waals surface area contributed by atoms with Crippen molar-refractivity contribution in [2.75, 3.05) is 11.9 Å². The van der Waals surface area contributed by atoms with Gasteiger partial charge in [-0.05, 0) is 24.1 Å². The Morgan fingerprint density at radius 3 is 2.50 bits per heavy atom. The molecule has 0 saturated heterocycles. The summed E-state index contributed by atoms with van der Waals surface area (Å²) in [6.45, 7) is 1.54. The van der Waals surface area contributed by atoms with Crippen LogP contribution in [0.25, 0.3) is 11.1 Å². The smallest absolute Gasteiger partial charge is 0.249 e. The molecule has 8 nitrogen and oxygen atoms in total. The summed E-state index contributed by atoms with van der Waals surface area (Å²) < 4.78 is 23.1. The Kier molecular flexibility index (Phi) is 7.28. The van der Waals surface area contributed by atoms with E-state index in [0.717, 1.165) is 28.0 Å². The second-order valence-electron chi connectivity index (χ2n) is 6.36. The number of hydrogen-bond donors (Lipinski definition) is 1. The van der Waals surface area contributed by atoms with Gasteiger partial charge in [0.2, 0.25) is 15.9 Å². The number of nitrogens with zero attached hydrogens (tertiary/aromatic N) is 3. The minimum Gasteiger partial charge on any atom is -1.00 e. The standard InChI is InChI=1S/C19H17N5O3S2.ClH/c1-12-18(29(21,26)27)28-19(23-12)24(2)17(25)8-13-3-5-15(6-4-13)16-7-14(9-20)10-22-11-16;/h3-7,10-11H,8H2,1-2H3,(H2,21,26,27);1H. The molecule has 0 atom stereocenters. The Bertz CT molecular complexity index is 1220. The first-order chi connectivity index (χ1) is 13.7. The van der Waals surface area contributed by atoms with Gasteiger partial charge in [-0.2, -0.15) is 5.26 Å². The van der Waals surface area contributed by atoms with E-state index in [4.69, 9.17) is 10.4 Å². The van der Waals surface area contributed by atoms with Gasteiger partial charge >= 0.3 is 0 Å². The summed E-state index contributed by atoms with van der Waals surface area (Å²) in [5.74, 6) is -0.229. The number of pyridine rings is 1. The zero-order valence-electron chi connectivity index (χ0n) is 16.1. The maximum Gasteiger partial charge on any atom is 0.249 e. The van der Waals surface area contributed by atoms with E-state index in [1.165, 1.54) is 11.8 Å². The quantitative estimate of drug-likeness (QED) is 0.500. The molecule has 2 aromatic heterocycles. The summed E-state index contributed by atoms with van der Waals surface area (Å²) in [6.07, 6.45) is 3.54. The lowest BCUT2D eigenvalue weighted by atomic mass is 10.0. The number of thiazole rings is 1. The van der Waals surface area contributed by atoms with Gasteiger partial charge in [0, 0.05) is 12.6 Å². The van der Waals surface area contributed by atoms with Crippen LogP contribution in [0.1, 0.15) is 16.8 Å². The lowest BCUT2D eigenvalue weighted by Crippen LogP contribution is -3.00. The molecule has 0 fully saturated rings. The number of benzene rings is 1. The molecule has 0 spiro atoms. The number of hydrogen-bond acceptors (Lipinski definition) is 6. The van der Waals surface area contributed by atoms with Gasteiger partial charge in [-0.1, -0.05) is 35.6 Å². The Morgan fingerprint density at radius 1 is 1.27 bits per heavy atom. The number of amides is 1. The van der Waals surface area contributed by atoms with Crippen molar-refractivity contribution in [1.29, 1.82) is 5.26 Å². The highest BCUT2D eigenvalue weighted by molar-refractivity contribution is 7.91. The number of sulfonamides is 1. The minimum atomic E-state index is -3.87. The Labute approximate surface area is 184 Å². The number of nitriles is 1. The number of likely N-dealkylation sites (N-methyl/N-ethyl adjacent to an activating group) is 1. The molecule has 3 aromatic rings. The number of aromatic amines is 1. The number of rotatable bonds is 5. The third-order valence-electron chi connectivity index (χ3n) is 4.22. The van der Waals surface area contributed by atoms with Gasteiger partial charge in [-0.3, -0.25) is 9.69 Å². The summed E-state index contributed by atoms with van der Waals surface area (Å²) in [7, 11) is -2.32. The van der Waals surface area contributed by atoms with Crippen molar-refractivity contribution in [1.82, 2.24) is 4.98 Å². The molecule has 0 radical (unpaired) electrons. The van der Waals surface area contributed by atoms with Crippen LogP contribution in [0.4, 0.5) is 5.13 Å². The highest BCUT2D eigenvalue weighted by Gasteiger charge is 2.22. The van der Waals surface area contributed by atoms with Crippen molar-refractivity contribution in [2.24, 2.45) is 5.14 Å². The van der Waals surface area contributed by atoms with Crippen LogP contribution in [0.5, 0.6) is 0 Å². The predicted molar refractivity (Wildman–Crippen MR) is 108 cm³/mol. The van der Waals surface area contributed by atoms with Crippen LogP contribution in [-0.4, -0.2) is 26.4 Å². The molecule has 11 heteroatoms. The number of aromatic nitrogens is 2. The van der Waals surface area contributed by atoms with Crippen molar-refractivity contribution >= 4 is 32.4 Å². The van der Waals surface area contributed by atoms with Crippen LogP contribution in [-0.2, 0) is 21.2 Å². The number of H-pyrrole nitrogens is 1. The highest BCUT2D eigenvalue weighted by atomic mass is 35.5. The lowest BCUT2D eigenvalue weighted by molar-refractivity contribution is -0.377. The topological polar surface area (TPSA) is 131 Å². The zero-order valence-corrected chi connectivity index (χ0v) is 18.5. The molecule has 3 N–H and O–H groups in total. The summed E-state index contributed by atoms with van der Waals surface area (Å²) in [5, 5.41) is 14.4. The van der Waals surface area contributed by atoms with Crippen LogP contribution in [0.3, 0.4) is 0 Å². The number of carbonyl (C=O) groups excluding carboxylic acids is 1. The number of nitrogens with one attached hydrogen (secondary N) is 1. The van der Waals surface area contributed by atoms with Crippen molar-refractivity contribution in [3.8, 4) is 17.2 Å². The number of halogens is 1. The van der Waals surface area contributed by atoms with E-state index in [0.29, 0.717) is 5.56 Å². The molecule has 1 amide bonds. The normalized spacial score (nSPS) is 10.7. The Hall–Kier alpha value is -2.84. The number of primary sulfonamides is 1. The van der Waals surface area contributed by atoms with Crippen molar-refractivity contribution in [2.45, 2.75) is 17.6 Å². The second kappa shape index (κ2) is 9.32. The van der Waals surface area contributed by atoms with Crippen molar-refractivity contribution in [3.63, 3.8) is 0 Å². The van der Waals surface area contributed by atoms with Gasteiger partial charge in [0.1, 0.15) is 11.6 Å². The monoisotopic (exact) mass is 463 g/mol. The Balaban J connectivity index is 0.00000320. The number of carbonyl (C=O) groups is 1. The highest BCUT2D eigenvalue weighted by Crippen LogP contribution is 2.28. The average molecular weight is 464 g/mol. The molecule has 0 bridgehead atoms. The van der Waals surface area contributed by atoms with Crippen molar-refractivity contribution in [3.05, 3.63) is 59.5 Å².